The maximum absolute atomic E-state index is 11.5. The van der Waals surface area contributed by atoms with Gasteiger partial charge < -0.3 is 0 Å². The second-order valence-electron chi connectivity index (χ2n) is 23.2. The molecule has 0 aromatic carbocycles. The number of rotatable bonds is 10. The first kappa shape index (κ1) is 96.6. The van der Waals surface area contributed by atoms with Crippen molar-refractivity contribution in [1.29, 1.82) is 0 Å². The Morgan fingerprint density at radius 3 is 0.667 bits per heavy atom. The molecule has 2 fully saturated rings. The molecular formula is C69H149F15. The van der Waals surface area contributed by atoms with E-state index < -0.39 is 67.8 Å². The molecule has 530 valence electrons. The molecule has 3 atom stereocenters. The monoisotopic (exact) mass is 1270 g/mol. The van der Waals surface area contributed by atoms with Gasteiger partial charge >= 0.3 is 30.9 Å². The van der Waals surface area contributed by atoms with E-state index in [-0.39, 0.29) is 35.9 Å². The molecule has 0 N–H and O–H groups in total. The van der Waals surface area contributed by atoms with Crippen LogP contribution in [0.5, 0.6) is 0 Å². The fourth-order valence-corrected chi connectivity index (χ4v) is 3.80. The minimum absolute atomic E-state index is 0.0556. The smallest absolute Gasteiger partial charge is 0.171 e. The van der Waals surface area contributed by atoms with Crippen LogP contribution in [0.1, 0.15) is 370 Å². The molecule has 2 rings (SSSR count). The Morgan fingerprint density at radius 2 is 0.619 bits per heavy atom. The summed E-state index contributed by atoms with van der Waals surface area (Å²) in [6.07, 6.45) is -0.420. The molecule has 0 spiro atoms. The SMILES string of the molecule is CC.CC(C)C.CC(C)C(F)(F)F.CCC.CCC(C)C.CCC(C)C(F)(F)F.CCCC.CCCCC.CC[C@H](C)CC(F)(F)F.CC[C@H](C)CC(F)(F)F.[2H]C(C)(C)C.[2H]C(C)(C)C(F)(F)F.[2H]C([2H])(C)CC.[2H]C1(C)CCCC1.[2H]C1(C)CCCCC1. The van der Waals surface area contributed by atoms with E-state index in [9.17, 15) is 65.9 Å². The zero-order valence-corrected chi connectivity index (χ0v) is 60.7. The third-order valence-corrected chi connectivity index (χ3v) is 10.5. The second kappa shape index (κ2) is 80.0. The fraction of sp³-hybridized carbons (Fsp3) is 1.00. The van der Waals surface area contributed by atoms with Crippen LogP contribution in [0.25, 0.3) is 0 Å². The summed E-state index contributed by atoms with van der Waals surface area (Å²) in [6, 6.07) is 0. The fourth-order valence-electron chi connectivity index (χ4n) is 3.80. The average Bonchev–Trinajstić information content (AvgIpc) is 3.76. The molecule has 1 unspecified atom stereocenters. The summed E-state index contributed by atoms with van der Waals surface area (Å²) in [7, 11) is 0. The zero-order valence-electron chi connectivity index (χ0n) is 66.7. The van der Waals surface area contributed by atoms with Crippen LogP contribution in [0.4, 0.5) is 65.9 Å². The Kier molecular flexibility index (Phi) is 91.9. The quantitative estimate of drug-likeness (QED) is 0.191. The third-order valence-electron chi connectivity index (χ3n) is 10.5. The Morgan fingerprint density at radius 1 is 0.405 bits per heavy atom. The van der Waals surface area contributed by atoms with Crippen molar-refractivity contribution in [2.45, 2.75) is 393 Å². The standard InChI is InChI=1S/C7H14.2C6H11F3.C6H12.C5H9F3.2C5H12.2C4H7F3.4C4H10.C3H8.C2H6/c1-7-5-3-2-4-6-7;2*1-3-5(2)4-6(7,8)9;1-6-4-2-3-5-6;1-3-4(2)5(6,7)8;1-4-5(2)3;1-3-5-4-2;2*1-3(2)4(5,6)7;2*1-4(2)3;2*1-3-4-2;1-3-2;1-2/h7H,2-6H2,1H3;2*5H,3-4H2,1-2H3;6H,2-5H2,1H3;4H,3H2,1-2H3;5H,4H2,1-3H3;3-5H2,1-2H3;2*3H,1-2H3;2*4H,1-3H3;2*3-4H2,1-2H3;3H2,1-2H3;1-2H3/t;2*5-;;;;;;;;;;;;/m.00............/s1/i7D;;;6D;;;;3D;;4D;;3D2;;;. The molecule has 0 amide bonds. The van der Waals surface area contributed by atoms with Gasteiger partial charge in [-0.1, -0.05) is 343 Å². The Balaban J connectivity index is -0.0000000649. The van der Waals surface area contributed by atoms with Gasteiger partial charge in [-0.2, -0.15) is 65.9 Å². The lowest BCUT2D eigenvalue weighted by Gasteiger charge is -2.15. The maximum atomic E-state index is 11.5. The van der Waals surface area contributed by atoms with Crippen LogP contribution in [-0.2, 0) is 0 Å². The zero-order chi connectivity index (χ0) is 76.0. The minimum Gasteiger partial charge on any atom is -0.171 e. The van der Waals surface area contributed by atoms with Crippen molar-refractivity contribution < 1.29 is 74.1 Å². The van der Waals surface area contributed by atoms with Crippen molar-refractivity contribution in [3.63, 3.8) is 0 Å². The predicted molar refractivity (Wildman–Crippen MR) is 347 cm³/mol. The third kappa shape index (κ3) is 178. The highest BCUT2D eigenvalue weighted by Crippen LogP contribution is 2.29. The van der Waals surface area contributed by atoms with E-state index >= 15 is 0 Å². The van der Waals surface area contributed by atoms with E-state index in [0.717, 1.165) is 65.2 Å². The van der Waals surface area contributed by atoms with Gasteiger partial charge in [0, 0.05) is 32.9 Å². The molecular weight excluding hydrogens is 1110 g/mol. The van der Waals surface area contributed by atoms with Crippen LogP contribution in [0.15, 0.2) is 0 Å². The van der Waals surface area contributed by atoms with E-state index in [0.29, 0.717) is 19.3 Å². The van der Waals surface area contributed by atoms with E-state index in [1.54, 1.807) is 34.6 Å². The summed E-state index contributed by atoms with van der Waals surface area (Å²) >= 11 is 0. The molecule has 0 aromatic rings. The summed E-state index contributed by atoms with van der Waals surface area (Å²) in [4.78, 5) is 0. The van der Waals surface area contributed by atoms with Gasteiger partial charge in [-0.15, -0.1) is 0 Å². The summed E-state index contributed by atoms with van der Waals surface area (Å²) in [5, 5.41) is 0. The lowest BCUT2D eigenvalue weighted by atomic mass is 9.91. The van der Waals surface area contributed by atoms with Crippen molar-refractivity contribution in [2.75, 3.05) is 0 Å². The van der Waals surface area contributed by atoms with Gasteiger partial charge in [0.25, 0.3) is 0 Å². The van der Waals surface area contributed by atoms with E-state index in [4.69, 9.17) is 8.22 Å². The lowest BCUT2D eigenvalue weighted by Crippen LogP contribution is -2.18. The normalized spacial score (nSPS) is 16.1. The molecule has 0 nitrogen and oxygen atoms in total. The first-order chi connectivity index (χ1) is 39.8. The maximum Gasteiger partial charge on any atom is 0.391 e. The Bertz CT molecular complexity index is 1260. The lowest BCUT2D eigenvalue weighted by molar-refractivity contribution is -0.170. The van der Waals surface area contributed by atoms with Gasteiger partial charge in [-0.05, 0) is 47.8 Å². The van der Waals surface area contributed by atoms with Crippen molar-refractivity contribution >= 4 is 0 Å². The number of unbranched alkanes of at least 4 members (excludes halogenated alkanes) is 3. The summed E-state index contributed by atoms with van der Waals surface area (Å²) in [5.41, 5.74) is 0. The van der Waals surface area contributed by atoms with E-state index in [2.05, 4.69) is 83.1 Å². The molecule has 2 aliphatic carbocycles. The van der Waals surface area contributed by atoms with Gasteiger partial charge in [0.15, 0.2) is 0 Å². The molecule has 0 bridgehead atoms. The van der Waals surface area contributed by atoms with Gasteiger partial charge in [-0.25, -0.2) is 0 Å². The van der Waals surface area contributed by atoms with Gasteiger partial charge in [0.1, 0.15) is 0 Å². The van der Waals surface area contributed by atoms with Crippen LogP contribution < -0.4 is 0 Å². The van der Waals surface area contributed by atoms with Crippen molar-refractivity contribution in [2.24, 2.45) is 59.1 Å². The highest BCUT2D eigenvalue weighted by molar-refractivity contribution is 4.62. The van der Waals surface area contributed by atoms with Gasteiger partial charge in [0.05, 0.1) is 5.92 Å². The first-order valence-corrected chi connectivity index (χ1v) is 32.1. The number of halogens is 15. The van der Waals surface area contributed by atoms with Crippen LogP contribution in [0.2, 0.25) is 0 Å². The predicted octanol–water partition coefficient (Wildman–Crippen LogP) is 31.4. The molecule has 0 radical (unpaired) electrons. The molecule has 0 aliphatic heterocycles. The summed E-state index contributed by atoms with van der Waals surface area (Å²) in [6.45, 7) is 56.5. The first-order valence-electron chi connectivity index (χ1n) is 35.1. The van der Waals surface area contributed by atoms with Crippen LogP contribution >= 0.6 is 0 Å². The molecule has 15 heteroatoms. The summed E-state index contributed by atoms with van der Waals surface area (Å²) in [5.74, 6) is -3.79. The average molecular weight is 1270 g/mol. The Labute approximate surface area is 525 Å². The van der Waals surface area contributed by atoms with Crippen molar-refractivity contribution in [3.05, 3.63) is 0 Å². The second-order valence-corrected chi connectivity index (χ2v) is 23.2. The van der Waals surface area contributed by atoms with Crippen LogP contribution in [-0.4, -0.2) is 30.9 Å². The molecule has 0 aromatic heterocycles. The Hall–Kier alpha value is -1.05. The van der Waals surface area contributed by atoms with Crippen LogP contribution in [0.3, 0.4) is 0 Å². The van der Waals surface area contributed by atoms with E-state index in [1.165, 1.54) is 90.9 Å². The van der Waals surface area contributed by atoms with Crippen molar-refractivity contribution in [3.8, 4) is 0 Å². The molecule has 84 heavy (non-hydrogen) atoms. The molecule has 2 aliphatic rings. The van der Waals surface area contributed by atoms with Gasteiger partial charge in [-0.3, -0.25) is 0 Å². The minimum atomic E-state index is -4.40. The number of hydrogen-bond donors (Lipinski definition) is 0. The molecule has 0 heterocycles. The highest BCUT2D eigenvalue weighted by Gasteiger charge is 2.34. The van der Waals surface area contributed by atoms with Crippen molar-refractivity contribution in [1.82, 2.24) is 0 Å². The topological polar surface area (TPSA) is 0 Å². The summed E-state index contributed by atoms with van der Waals surface area (Å²) < 4.78 is 213. The van der Waals surface area contributed by atoms with E-state index in [1.807, 2.05) is 55.4 Å². The molecule has 0 saturated heterocycles. The number of alkyl halides is 15. The van der Waals surface area contributed by atoms with Crippen LogP contribution in [0, 0.1) is 59.1 Å². The number of hydrogen-bond acceptors (Lipinski definition) is 0. The highest BCUT2D eigenvalue weighted by atomic mass is 19.4. The molecule has 2 saturated carbocycles. The largest absolute Gasteiger partial charge is 0.391 e. The van der Waals surface area contributed by atoms with Gasteiger partial charge in [0.2, 0.25) is 0 Å².